The number of nitrogens with one attached hydrogen (secondary N) is 1. The lowest BCUT2D eigenvalue weighted by Crippen LogP contribution is -2.41. The van der Waals surface area contributed by atoms with Crippen LogP contribution in [-0.2, 0) is 0 Å². The number of hydrogen-bond donors (Lipinski definition) is 2. The predicted molar refractivity (Wildman–Crippen MR) is 97.4 cm³/mol. The number of nitrogens with two attached hydrogens (primary N) is 1. The van der Waals surface area contributed by atoms with Crippen molar-refractivity contribution in [2.75, 3.05) is 6.54 Å². The molecule has 24 heavy (non-hydrogen) atoms. The first kappa shape index (κ1) is 18.7. The first-order chi connectivity index (χ1) is 11.5. The molecule has 0 spiro atoms. The van der Waals surface area contributed by atoms with Crippen molar-refractivity contribution < 1.29 is 4.79 Å². The second-order valence-corrected chi connectivity index (χ2v) is 7.29. The molecule has 0 bridgehead atoms. The zero-order valence-electron chi connectivity index (χ0n) is 13.7. The number of amides is 1. The van der Waals surface area contributed by atoms with E-state index < -0.39 is 0 Å². The van der Waals surface area contributed by atoms with Crippen molar-refractivity contribution in [2.24, 2.45) is 11.7 Å². The molecular formula is C17H21ClN4OS. The third-order valence-electron chi connectivity index (χ3n) is 3.30. The van der Waals surface area contributed by atoms with Crippen LogP contribution in [-0.4, -0.2) is 28.7 Å². The summed E-state index contributed by atoms with van der Waals surface area (Å²) >= 11 is 7.53. The van der Waals surface area contributed by atoms with Crippen LogP contribution < -0.4 is 11.1 Å². The molecule has 0 aliphatic carbocycles. The zero-order chi connectivity index (χ0) is 17.5. The molecule has 3 N–H and O–H groups in total. The molecule has 1 amide bonds. The number of aromatic nitrogens is 2. The van der Waals surface area contributed by atoms with Crippen LogP contribution in [0.25, 0.3) is 0 Å². The van der Waals surface area contributed by atoms with Gasteiger partial charge in [-0.25, -0.2) is 0 Å². The van der Waals surface area contributed by atoms with Gasteiger partial charge in [0, 0.05) is 17.5 Å². The number of carbonyl (C=O) groups excluding carboxylic acids is 1. The van der Waals surface area contributed by atoms with Crippen molar-refractivity contribution in [1.29, 1.82) is 0 Å². The van der Waals surface area contributed by atoms with Crippen molar-refractivity contribution in [3.05, 3.63) is 47.1 Å². The highest BCUT2D eigenvalue weighted by Crippen LogP contribution is 2.31. The van der Waals surface area contributed by atoms with Crippen LogP contribution in [0, 0.1) is 5.92 Å². The van der Waals surface area contributed by atoms with E-state index in [-0.39, 0.29) is 17.6 Å². The topological polar surface area (TPSA) is 80.9 Å². The van der Waals surface area contributed by atoms with Crippen LogP contribution in [0.15, 0.2) is 46.3 Å². The van der Waals surface area contributed by atoms with Gasteiger partial charge in [0.1, 0.15) is 5.03 Å². The molecule has 0 saturated carbocycles. The summed E-state index contributed by atoms with van der Waals surface area (Å²) in [6.07, 6.45) is 0.829. The Morgan fingerprint density at radius 3 is 2.58 bits per heavy atom. The van der Waals surface area contributed by atoms with Gasteiger partial charge in [-0.3, -0.25) is 4.79 Å². The number of carbonyl (C=O) groups is 1. The van der Waals surface area contributed by atoms with E-state index in [1.807, 2.05) is 24.3 Å². The molecule has 2 aromatic rings. The standard InChI is InChI=1S/C17H21ClN4OS/c1-11(2)9-12(10-19)20-17(23)14-7-8-16(22-21-14)24-15-6-4-3-5-13(15)18/h3-8,11-12H,9-10,19H2,1-2H3,(H,20,23). The fourth-order valence-corrected chi connectivity index (χ4v) is 3.18. The van der Waals surface area contributed by atoms with Crippen molar-refractivity contribution >= 4 is 29.3 Å². The molecule has 1 unspecified atom stereocenters. The molecule has 0 saturated heterocycles. The Balaban J connectivity index is 2.00. The Kier molecular flexibility index (Phi) is 7.02. The average Bonchev–Trinajstić information content (AvgIpc) is 2.56. The Bertz CT molecular complexity index is 679. The van der Waals surface area contributed by atoms with Crippen molar-refractivity contribution in [2.45, 2.75) is 36.2 Å². The SMILES string of the molecule is CC(C)CC(CN)NC(=O)c1ccc(Sc2ccccc2Cl)nn1. The molecule has 1 aromatic carbocycles. The molecular weight excluding hydrogens is 344 g/mol. The summed E-state index contributed by atoms with van der Waals surface area (Å²) in [6.45, 7) is 4.59. The van der Waals surface area contributed by atoms with E-state index in [0.29, 0.717) is 22.5 Å². The van der Waals surface area contributed by atoms with E-state index in [1.165, 1.54) is 11.8 Å². The van der Waals surface area contributed by atoms with Gasteiger partial charge in [0.2, 0.25) is 0 Å². The van der Waals surface area contributed by atoms with Gasteiger partial charge in [-0.05, 0) is 36.6 Å². The summed E-state index contributed by atoms with van der Waals surface area (Å²) in [4.78, 5) is 13.1. The van der Waals surface area contributed by atoms with Crippen molar-refractivity contribution in [1.82, 2.24) is 15.5 Å². The summed E-state index contributed by atoms with van der Waals surface area (Å²) in [6, 6.07) is 10.9. The van der Waals surface area contributed by atoms with Crippen LogP contribution in [0.5, 0.6) is 0 Å². The minimum atomic E-state index is -0.257. The van der Waals surface area contributed by atoms with Crippen LogP contribution in [0.4, 0.5) is 0 Å². The fourth-order valence-electron chi connectivity index (χ4n) is 2.18. The minimum Gasteiger partial charge on any atom is -0.347 e. The molecule has 7 heteroatoms. The van der Waals surface area contributed by atoms with E-state index in [4.69, 9.17) is 17.3 Å². The minimum absolute atomic E-state index is 0.0588. The smallest absolute Gasteiger partial charge is 0.272 e. The zero-order valence-corrected chi connectivity index (χ0v) is 15.3. The molecule has 0 fully saturated rings. The van der Waals surface area contributed by atoms with Gasteiger partial charge in [0.05, 0.1) is 5.02 Å². The highest BCUT2D eigenvalue weighted by molar-refractivity contribution is 7.99. The third-order valence-corrected chi connectivity index (χ3v) is 4.74. The average molecular weight is 365 g/mol. The van der Waals surface area contributed by atoms with Crippen LogP contribution >= 0.6 is 23.4 Å². The van der Waals surface area contributed by atoms with Crippen LogP contribution in [0.3, 0.4) is 0 Å². The molecule has 0 aliphatic rings. The van der Waals surface area contributed by atoms with E-state index in [1.54, 1.807) is 12.1 Å². The molecule has 2 rings (SSSR count). The first-order valence-electron chi connectivity index (χ1n) is 7.76. The predicted octanol–water partition coefficient (Wildman–Crippen LogP) is 3.38. The van der Waals surface area contributed by atoms with Gasteiger partial charge < -0.3 is 11.1 Å². The Labute approximate surface area is 151 Å². The van der Waals surface area contributed by atoms with E-state index in [0.717, 1.165) is 11.3 Å². The summed E-state index contributed by atoms with van der Waals surface area (Å²) in [7, 11) is 0. The number of benzene rings is 1. The molecule has 1 heterocycles. The molecule has 0 radical (unpaired) electrons. The van der Waals surface area contributed by atoms with Gasteiger partial charge >= 0.3 is 0 Å². The van der Waals surface area contributed by atoms with Crippen LogP contribution in [0.2, 0.25) is 5.02 Å². The van der Waals surface area contributed by atoms with Gasteiger partial charge in [-0.15, -0.1) is 10.2 Å². The fraction of sp³-hybridized carbons (Fsp3) is 0.353. The summed E-state index contributed by atoms with van der Waals surface area (Å²) in [5.74, 6) is 0.201. The van der Waals surface area contributed by atoms with Gasteiger partial charge in [-0.1, -0.05) is 49.3 Å². The lowest BCUT2D eigenvalue weighted by Gasteiger charge is -2.18. The lowest BCUT2D eigenvalue weighted by atomic mass is 10.0. The summed E-state index contributed by atoms with van der Waals surface area (Å²) < 4.78 is 0. The van der Waals surface area contributed by atoms with Crippen LogP contribution in [0.1, 0.15) is 30.8 Å². The molecule has 128 valence electrons. The maximum Gasteiger partial charge on any atom is 0.272 e. The molecule has 1 atom stereocenters. The number of halogens is 1. The number of rotatable bonds is 7. The molecule has 0 aliphatic heterocycles. The second kappa shape index (κ2) is 9.01. The highest BCUT2D eigenvalue weighted by Gasteiger charge is 2.15. The number of nitrogens with zero attached hydrogens (tertiary/aromatic N) is 2. The normalized spacial score (nSPS) is 12.2. The van der Waals surface area contributed by atoms with E-state index in [2.05, 4.69) is 29.4 Å². The summed E-state index contributed by atoms with van der Waals surface area (Å²) in [5.41, 5.74) is 5.98. The largest absolute Gasteiger partial charge is 0.347 e. The second-order valence-electron chi connectivity index (χ2n) is 5.82. The molecule has 1 aromatic heterocycles. The summed E-state index contributed by atoms with van der Waals surface area (Å²) in [5, 5.41) is 12.3. The van der Waals surface area contributed by atoms with Crippen molar-refractivity contribution in [3.63, 3.8) is 0 Å². The lowest BCUT2D eigenvalue weighted by molar-refractivity contribution is 0.0927. The van der Waals surface area contributed by atoms with E-state index in [9.17, 15) is 4.79 Å². The number of hydrogen-bond acceptors (Lipinski definition) is 5. The Morgan fingerprint density at radius 2 is 2.00 bits per heavy atom. The van der Waals surface area contributed by atoms with Gasteiger partial charge in [0.25, 0.3) is 5.91 Å². The molecule has 5 nitrogen and oxygen atoms in total. The Morgan fingerprint density at radius 1 is 1.25 bits per heavy atom. The first-order valence-corrected chi connectivity index (χ1v) is 8.96. The van der Waals surface area contributed by atoms with Gasteiger partial charge in [0.15, 0.2) is 5.69 Å². The maximum atomic E-state index is 12.2. The Hall–Kier alpha value is -1.63. The maximum absolute atomic E-state index is 12.2. The van der Waals surface area contributed by atoms with Gasteiger partial charge in [-0.2, -0.15) is 0 Å². The van der Waals surface area contributed by atoms with Crippen molar-refractivity contribution in [3.8, 4) is 0 Å². The third kappa shape index (κ3) is 5.47. The monoisotopic (exact) mass is 364 g/mol. The quantitative estimate of drug-likeness (QED) is 0.787. The van der Waals surface area contributed by atoms with E-state index >= 15 is 0 Å². The highest BCUT2D eigenvalue weighted by atomic mass is 35.5.